The molecule has 1 aliphatic heterocycles. The Morgan fingerprint density at radius 3 is 2.14 bits per heavy atom. The largest absolute Gasteiger partial charge is 0.503 e. The molecule has 28 heavy (non-hydrogen) atoms. The molecule has 2 amide bonds. The number of carbonyl (C=O) groups excluding carboxylic acids is 2. The molecule has 0 radical (unpaired) electrons. The number of benzene rings is 1. The minimum Gasteiger partial charge on any atom is -0.503 e. The smallest absolute Gasteiger partial charge is 0.275 e. The number of nitrogens with zero attached hydrogens (tertiary/aromatic N) is 3. The van der Waals surface area contributed by atoms with Gasteiger partial charge in [0.25, 0.3) is 11.8 Å². The van der Waals surface area contributed by atoms with Gasteiger partial charge in [-0.1, -0.05) is 0 Å². The first kappa shape index (κ1) is 19.6. The lowest BCUT2D eigenvalue weighted by molar-refractivity contribution is 0.0295. The number of morpholine rings is 1. The SMILES string of the molecule is COc1ccc(-n2c(C(=O)N(C)C)c(O)c(O)c2C(=O)N2CCOCC2)cc1. The van der Waals surface area contributed by atoms with Crippen LogP contribution in [0.5, 0.6) is 17.2 Å². The van der Waals surface area contributed by atoms with Crippen LogP contribution in [0.15, 0.2) is 24.3 Å². The van der Waals surface area contributed by atoms with E-state index in [1.807, 2.05) is 0 Å². The van der Waals surface area contributed by atoms with Crippen molar-refractivity contribution >= 4 is 11.8 Å². The Bertz CT molecular complexity index is 882. The topological polar surface area (TPSA) is 104 Å². The molecule has 150 valence electrons. The number of ether oxygens (including phenoxy) is 2. The van der Waals surface area contributed by atoms with E-state index in [4.69, 9.17) is 9.47 Å². The molecule has 9 nitrogen and oxygen atoms in total. The van der Waals surface area contributed by atoms with Crippen LogP contribution in [0.2, 0.25) is 0 Å². The molecule has 1 fully saturated rings. The summed E-state index contributed by atoms with van der Waals surface area (Å²) >= 11 is 0. The van der Waals surface area contributed by atoms with Crippen molar-refractivity contribution in [3.63, 3.8) is 0 Å². The highest BCUT2D eigenvalue weighted by Gasteiger charge is 2.34. The fourth-order valence-corrected chi connectivity index (χ4v) is 3.06. The van der Waals surface area contributed by atoms with Crippen LogP contribution in [-0.4, -0.2) is 83.9 Å². The third-order valence-corrected chi connectivity index (χ3v) is 4.56. The lowest BCUT2D eigenvalue weighted by Gasteiger charge is -2.27. The molecule has 0 spiro atoms. The van der Waals surface area contributed by atoms with Crippen molar-refractivity contribution in [1.82, 2.24) is 14.4 Å². The van der Waals surface area contributed by atoms with Crippen LogP contribution in [0, 0.1) is 0 Å². The predicted octanol–water partition coefficient (Wildman–Crippen LogP) is 1.07. The molecule has 0 bridgehead atoms. The summed E-state index contributed by atoms with van der Waals surface area (Å²) in [5, 5.41) is 21.0. The maximum Gasteiger partial charge on any atom is 0.275 e. The van der Waals surface area contributed by atoms with Gasteiger partial charge in [0.05, 0.1) is 20.3 Å². The van der Waals surface area contributed by atoms with Gasteiger partial charge in [0.2, 0.25) is 0 Å². The third kappa shape index (κ3) is 3.36. The molecular weight excluding hydrogens is 366 g/mol. The average Bonchev–Trinajstić information content (AvgIpc) is 2.98. The molecule has 1 aliphatic rings. The molecule has 0 saturated carbocycles. The summed E-state index contributed by atoms with van der Waals surface area (Å²) < 4.78 is 11.7. The van der Waals surface area contributed by atoms with Crippen LogP contribution >= 0.6 is 0 Å². The number of aromatic hydroxyl groups is 2. The van der Waals surface area contributed by atoms with E-state index in [2.05, 4.69) is 0 Å². The maximum absolute atomic E-state index is 13.1. The predicted molar refractivity (Wildman–Crippen MR) is 100 cm³/mol. The van der Waals surface area contributed by atoms with E-state index in [0.717, 1.165) is 0 Å². The molecule has 0 aliphatic carbocycles. The number of methoxy groups -OCH3 is 1. The van der Waals surface area contributed by atoms with Crippen molar-refractivity contribution in [2.45, 2.75) is 0 Å². The lowest BCUT2D eigenvalue weighted by Crippen LogP contribution is -2.41. The Balaban J connectivity index is 2.21. The summed E-state index contributed by atoms with van der Waals surface area (Å²) in [5.74, 6) is -1.72. The summed E-state index contributed by atoms with van der Waals surface area (Å²) in [4.78, 5) is 28.6. The highest BCUT2D eigenvalue weighted by atomic mass is 16.5. The monoisotopic (exact) mass is 389 g/mol. The molecular formula is C19H23N3O6. The molecule has 9 heteroatoms. The van der Waals surface area contributed by atoms with E-state index >= 15 is 0 Å². The number of amides is 2. The molecule has 2 N–H and O–H groups in total. The van der Waals surface area contributed by atoms with E-state index in [9.17, 15) is 19.8 Å². The first-order chi connectivity index (χ1) is 13.4. The van der Waals surface area contributed by atoms with Gasteiger partial charge in [-0.25, -0.2) is 0 Å². The minimum absolute atomic E-state index is 0.172. The number of rotatable bonds is 4. The van der Waals surface area contributed by atoms with E-state index in [-0.39, 0.29) is 11.4 Å². The number of aromatic nitrogens is 1. The Morgan fingerprint density at radius 1 is 1.04 bits per heavy atom. The highest BCUT2D eigenvalue weighted by Crippen LogP contribution is 2.39. The second-order valence-corrected chi connectivity index (χ2v) is 6.53. The van der Waals surface area contributed by atoms with Gasteiger partial charge in [0.1, 0.15) is 5.75 Å². The number of hydrogen-bond acceptors (Lipinski definition) is 6. The van der Waals surface area contributed by atoms with Crippen molar-refractivity contribution in [3.8, 4) is 22.9 Å². The van der Waals surface area contributed by atoms with E-state index < -0.39 is 23.3 Å². The summed E-state index contributed by atoms with van der Waals surface area (Å²) in [7, 11) is 4.57. The molecule has 1 saturated heterocycles. The highest BCUT2D eigenvalue weighted by molar-refractivity contribution is 6.04. The number of carbonyl (C=O) groups is 2. The van der Waals surface area contributed by atoms with Gasteiger partial charge in [-0.3, -0.25) is 14.2 Å². The van der Waals surface area contributed by atoms with Gasteiger partial charge >= 0.3 is 0 Å². The summed E-state index contributed by atoms with van der Waals surface area (Å²) in [6.45, 7) is 1.46. The normalized spacial score (nSPS) is 14.0. The Labute approximate surface area is 162 Å². The van der Waals surface area contributed by atoms with Gasteiger partial charge in [0.15, 0.2) is 22.9 Å². The fourth-order valence-electron chi connectivity index (χ4n) is 3.06. The standard InChI is InChI=1S/C19H23N3O6/c1-20(2)18(25)14-16(23)17(24)15(19(26)21-8-10-28-11-9-21)22(14)12-4-6-13(27-3)7-5-12/h4-7,23-24H,8-11H2,1-3H3. The zero-order chi connectivity index (χ0) is 20.4. The van der Waals surface area contributed by atoms with Gasteiger partial charge in [-0.2, -0.15) is 0 Å². The van der Waals surface area contributed by atoms with Crippen LogP contribution in [0.1, 0.15) is 21.0 Å². The summed E-state index contributed by atoms with van der Waals surface area (Å²) in [5.41, 5.74) is 0.0669. The summed E-state index contributed by atoms with van der Waals surface area (Å²) in [6.07, 6.45) is 0. The molecule has 2 aromatic rings. The quantitative estimate of drug-likeness (QED) is 0.811. The van der Waals surface area contributed by atoms with E-state index in [1.165, 1.54) is 35.6 Å². The van der Waals surface area contributed by atoms with E-state index in [0.29, 0.717) is 37.7 Å². The molecule has 0 atom stereocenters. The van der Waals surface area contributed by atoms with Crippen molar-refractivity contribution in [1.29, 1.82) is 0 Å². The van der Waals surface area contributed by atoms with Crippen LogP contribution < -0.4 is 4.74 Å². The molecule has 1 aromatic heterocycles. The first-order valence-corrected chi connectivity index (χ1v) is 8.76. The molecule has 1 aromatic carbocycles. The lowest BCUT2D eigenvalue weighted by atomic mass is 10.2. The maximum atomic E-state index is 13.1. The molecule has 0 unspecified atom stereocenters. The third-order valence-electron chi connectivity index (χ3n) is 4.56. The van der Waals surface area contributed by atoms with Crippen molar-refractivity contribution in [2.24, 2.45) is 0 Å². The van der Waals surface area contributed by atoms with Crippen molar-refractivity contribution < 1.29 is 29.3 Å². The zero-order valence-electron chi connectivity index (χ0n) is 16.0. The minimum atomic E-state index is -0.633. The Hall–Kier alpha value is -3.20. The average molecular weight is 389 g/mol. The molecule has 2 heterocycles. The van der Waals surface area contributed by atoms with Gasteiger partial charge < -0.3 is 29.5 Å². The Kier molecular flexibility index (Phi) is 5.46. The van der Waals surface area contributed by atoms with Gasteiger partial charge in [-0.15, -0.1) is 0 Å². The van der Waals surface area contributed by atoms with Gasteiger partial charge in [0, 0.05) is 32.9 Å². The van der Waals surface area contributed by atoms with Crippen LogP contribution in [-0.2, 0) is 4.74 Å². The van der Waals surface area contributed by atoms with Crippen molar-refractivity contribution in [2.75, 3.05) is 47.5 Å². The van der Waals surface area contributed by atoms with Crippen LogP contribution in [0.3, 0.4) is 0 Å². The van der Waals surface area contributed by atoms with E-state index in [1.54, 1.807) is 24.3 Å². The first-order valence-electron chi connectivity index (χ1n) is 8.76. The second-order valence-electron chi connectivity index (χ2n) is 6.53. The zero-order valence-corrected chi connectivity index (χ0v) is 16.0. The molecule has 3 rings (SSSR count). The van der Waals surface area contributed by atoms with Crippen LogP contribution in [0.4, 0.5) is 0 Å². The van der Waals surface area contributed by atoms with Gasteiger partial charge in [-0.05, 0) is 24.3 Å². The second kappa shape index (κ2) is 7.81. The Morgan fingerprint density at radius 2 is 1.61 bits per heavy atom. The van der Waals surface area contributed by atoms with Crippen molar-refractivity contribution in [3.05, 3.63) is 35.7 Å². The number of hydrogen-bond donors (Lipinski definition) is 2. The van der Waals surface area contributed by atoms with Crippen LogP contribution in [0.25, 0.3) is 5.69 Å². The summed E-state index contributed by atoms with van der Waals surface area (Å²) in [6, 6.07) is 6.60. The fraction of sp³-hybridized carbons (Fsp3) is 0.368.